The molecule has 1 fully saturated rings. The molecule has 0 saturated carbocycles. The third kappa shape index (κ3) is 7.54. The molecule has 39 heavy (non-hydrogen) atoms. The van der Waals surface area contributed by atoms with Crippen LogP contribution in [-0.4, -0.2) is 35.1 Å². The van der Waals surface area contributed by atoms with Crippen molar-refractivity contribution in [3.63, 3.8) is 0 Å². The topological polar surface area (TPSA) is 84.9 Å². The van der Waals surface area contributed by atoms with Crippen LogP contribution < -0.4 is 14.8 Å². The molecule has 0 bridgehead atoms. The van der Waals surface area contributed by atoms with Crippen LogP contribution in [0.25, 0.3) is 6.08 Å². The van der Waals surface area contributed by atoms with E-state index in [1.807, 2.05) is 63.2 Å². The van der Waals surface area contributed by atoms with E-state index in [1.54, 1.807) is 18.2 Å². The Balaban J connectivity index is 1.48. The molecule has 3 aromatic rings. The number of nitrogens with one attached hydrogen (secondary N) is 1. The molecule has 0 aromatic heterocycles. The van der Waals surface area contributed by atoms with Gasteiger partial charge < -0.3 is 14.8 Å². The normalized spacial score (nSPS) is 14.2. The van der Waals surface area contributed by atoms with Gasteiger partial charge in [-0.2, -0.15) is 0 Å². The van der Waals surface area contributed by atoms with E-state index in [9.17, 15) is 14.4 Å². The van der Waals surface area contributed by atoms with Gasteiger partial charge in [0.05, 0.1) is 15.1 Å². The second-order valence-electron chi connectivity index (χ2n) is 8.79. The Bertz CT molecular complexity index is 1460. The van der Waals surface area contributed by atoms with Gasteiger partial charge in [-0.15, -0.1) is 0 Å². The molecular weight excluding hydrogens is 742 g/mol. The Morgan fingerprint density at radius 2 is 1.74 bits per heavy atom. The number of hydrogen-bond donors (Lipinski definition) is 1. The summed E-state index contributed by atoms with van der Waals surface area (Å²) in [5.41, 5.74) is 4.49. The summed E-state index contributed by atoms with van der Waals surface area (Å²) in [6, 6.07) is 17.3. The van der Waals surface area contributed by atoms with Crippen molar-refractivity contribution in [2.24, 2.45) is 0 Å². The zero-order valence-electron chi connectivity index (χ0n) is 21.5. The van der Waals surface area contributed by atoms with E-state index < -0.39 is 17.1 Å². The Morgan fingerprint density at radius 3 is 2.44 bits per heavy atom. The van der Waals surface area contributed by atoms with E-state index >= 15 is 0 Å². The summed E-state index contributed by atoms with van der Waals surface area (Å²) >= 11 is 5.24. The number of carbonyl (C=O) groups is 3. The maximum atomic E-state index is 13.0. The number of imide groups is 1. The molecule has 10 heteroatoms. The van der Waals surface area contributed by atoms with Crippen molar-refractivity contribution in [1.82, 2.24) is 4.90 Å². The Labute approximate surface area is 259 Å². The van der Waals surface area contributed by atoms with E-state index in [1.165, 1.54) is 0 Å². The van der Waals surface area contributed by atoms with E-state index in [4.69, 9.17) is 9.47 Å². The molecule has 3 amide bonds. The summed E-state index contributed by atoms with van der Waals surface area (Å²) in [5.74, 6) is 0.217. The number of aryl methyl sites for hydroxylation is 2. The van der Waals surface area contributed by atoms with Crippen LogP contribution in [-0.2, 0) is 16.2 Å². The lowest BCUT2D eigenvalue weighted by Crippen LogP contribution is -2.36. The third-order valence-corrected chi connectivity index (χ3v) is 8.32. The van der Waals surface area contributed by atoms with Crippen LogP contribution in [0.5, 0.6) is 11.5 Å². The molecule has 1 saturated heterocycles. The van der Waals surface area contributed by atoms with Gasteiger partial charge in [0.1, 0.15) is 13.2 Å². The summed E-state index contributed by atoms with van der Waals surface area (Å²) in [5, 5.41) is 2.27. The average molecular weight is 768 g/mol. The fraction of sp³-hybridized carbons (Fsp3) is 0.207. The fourth-order valence-electron chi connectivity index (χ4n) is 3.76. The molecule has 0 spiro atoms. The van der Waals surface area contributed by atoms with Crippen LogP contribution in [0, 0.1) is 21.0 Å². The van der Waals surface area contributed by atoms with Gasteiger partial charge in [-0.05, 0) is 142 Å². The first-order valence-corrected chi connectivity index (χ1v) is 15.1. The maximum Gasteiger partial charge on any atom is 0.294 e. The molecule has 1 aliphatic rings. The number of carbonyl (C=O) groups excluding carboxylic acids is 3. The highest BCUT2D eigenvalue weighted by Crippen LogP contribution is 2.38. The number of hydrogen-bond acceptors (Lipinski definition) is 6. The molecule has 1 aliphatic heterocycles. The van der Waals surface area contributed by atoms with Crippen molar-refractivity contribution >= 4 is 85.8 Å². The molecule has 0 atom stereocenters. The van der Waals surface area contributed by atoms with E-state index in [2.05, 4.69) is 50.5 Å². The summed E-state index contributed by atoms with van der Waals surface area (Å²) in [4.78, 5) is 39.4. The molecule has 1 N–H and O–H groups in total. The number of benzene rings is 3. The third-order valence-electron chi connectivity index (χ3n) is 5.89. The SMILES string of the molecule is CCOc1cc(/C=C2/SC(=O)N(CC(=O)Nc3ccc(C)c(C)c3)C2=O)cc(I)c1OCc1ccc(I)cc1. The minimum atomic E-state index is -0.507. The molecule has 0 aliphatic carbocycles. The first-order chi connectivity index (χ1) is 18.6. The van der Waals surface area contributed by atoms with E-state index in [0.29, 0.717) is 36.0 Å². The maximum absolute atomic E-state index is 13.0. The van der Waals surface area contributed by atoms with Crippen LogP contribution in [0.4, 0.5) is 10.5 Å². The smallest absolute Gasteiger partial charge is 0.294 e. The highest BCUT2D eigenvalue weighted by Gasteiger charge is 2.36. The Hall–Kier alpha value is -2.58. The predicted molar refractivity (Wildman–Crippen MR) is 171 cm³/mol. The number of anilines is 1. The lowest BCUT2D eigenvalue weighted by Gasteiger charge is -2.15. The summed E-state index contributed by atoms with van der Waals surface area (Å²) in [7, 11) is 0. The number of thioether (sulfide) groups is 1. The zero-order valence-corrected chi connectivity index (χ0v) is 26.7. The highest BCUT2D eigenvalue weighted by molar-refractivity contribution is 14.1. The van der Waals surface area contributed by atoms with Gasteiger partial charge >= 0.3 is 0 Å². The zero-order chi connectivity index (χ0) is 28.1. The minimum absolute atomic E-state index is 0.241. The Morgan fingerprint density at radius 1 is 1.00 bits per heavy atom. The van der Waals surface area contributed by atoms with Gasteiger partial charge in [0, 0.05) is 9.26 Å². The first-order valence-electron chi connectivity index (χ1n) is 12.1. The molecule has 3 aromatic carbocycles. The molecule has 1 heterocycles. The number of rotatable bonds is 9. The molecule has 4 rings (SSSR count). The van der Waals surface area contributed by atoms with Crippen LogP contribution in [0.15, 0.2) is 59.5 Å². The van der Waals surface area contributed by atoms with E-state index in [-0.39, 0.29) is 11.4 Å². The second kappa shape index (κ2) is 13.2. The average Bonchev–Trinajstić information content (AvgIpc) is 3.14. The molecule has 0 unspecified atom stereocenters. The summed E-state index contributed by atoms with van der Waals surface area (Å²) < 4.78 is 13.9. The number of amides is 3. The first kappa shape index (κ1) is 29.4. The standard InChI is InChI=1S/C29H26I2N2O5S/c1-4-37-24-13-20(12-23(31)27(24)38-16-19-6-8-21(30)9-7-19)14-25-28(35)33(29(36)39-25)15-26(34)32-22-10-5-17(2)18(3)11-22/h5-14H,4,15-16H2,1-3H3,(H,32,34)/b25-14+. The van der Waals surface area contributed by atoms with Gasteiger partial charge in [0.2, 0.25) is 5.91 Å². The molecule has 7 nitrogen and oxygen atoms in total. The van der Waals surface area contributed by atoms with Crippen molar-refractivity contribution in [1.29, 1.82) is 0 Å². The largest absolute Gasteiger partial charge is 0.490 e. The van der Waals surface area contributed by atoms with Crippen molar-refractivity contribution < 1.29 is 23.9 Å². The molecule has 0 radical (unpaired) electrons. The number of ether oxygens (including phenoxy) is 2. The van der Waals surface area contributed by atoms with Crippen LogP contribution >= 0.6 is 56.9 Å². The molecule has 202 valence electrons. The summed E-state index contributed by atoms with van der Waals surface area (Å²) in [6.45, 7) is 6.28. The van der Waals surface area contributed by atoms with Crippen molar-refractivity contribution in [2.75, 3.05) is 18.5 Å². The van der Waals surface area contributed by atoms with Crippen LogP contribution in [0.3, 0.4) is 0 Å². The quantitative estimate of drug-likeness (QED) is 0.184. The van der Waals surface area contributed by atoms with Crippen LogP contribution in [0.1, 0.15) is 29.2 Å². The van der Waals surface area contributed by atoms with Gasteiger partial charge in [-0.1, -0.05) is 18.2 Å². The monoisotopic (exact) mass is 768 g/mol. The lowest BCUT2D eigenvalue weighted by molar-refractivity contribution is -0.127. The van der Waals surface area contributed by atoms with Gasteiger partial charge in [-0.3, -0.25) is 19.3 Å². The highest BCUT2D eigenvalue weighted by atomic mass is 127. The van der Waals surface area contributed by atoms with Crippen molar-refractivity contribution in [3.8, 4) is 11.5 Å². The fourth-order valence-corrected chi connectivity index (χ4v) is 5.74. The van der Waals surface area contributed by atoms with Crippen molar-refractivity contribution in [3.05, 3.63) is 88.9 Å². The number of nitrogens with zero attached hydrogens (tertiary/aromatic N) is 1. The number of halogens is 2. The van der Waals surface area contributed by atoms with Crippen molar-refractivity contribution in [2.45, 2.75) is 27.4 Å². The van der Waals surface area contributed by atoms with E-state index in [0.717, 1.165) is 40.5 Å². The Kier molecular flexibility index (Phi) is 9.94. The van der Waals surface area contributed by atoms with Gasteiger partial charge in [-0.25, -0.2) is 0 Å². The lowest BCUT2D eigenvalue weighted by atomic mass is 10.1. The second-order valence-corrected chi connectivity index (χ2v) is 12.2. The summed E-state index contributed by atoms with van der Waals surface area (Å²) in [6.07, 6.45) is 1.64. The minimum Gasteiger partial charge on any atom is -0.490 e. The van der Waals surface area contributed by atoms with Crippen LogP contribution in [0.2, 0.25) is 0 Å². The van der Waals surface area contributed by atoms with Gasteiger partial charge in [0.25, 0.3) is 11.1 Å². The molecular formula is C29H26I2N2O5S. The van der Waals surface area contributed by atoms with Gasteiger partial charge in [0.15, 0.2) is 11.5 Å². The predicted octanol–water partition coefficient (Wildman–Crippen LogP) is 7.17.